The minimum Gasteiger partial charge on any atom is -0.534 e. The number of rotatable bonds is 6. The molecular weight excluding hydrogens is 419 g/mol. The average molecular weight is 446 g/mol. The van der Waals surface area contributed by atoms with Gasteiger partial charge in [0.25, 0.3) is 5.91 Å². The van der Waals surface area contributed by atoms with Gasteiger partial charge in [-0.05, 0) is 43.7 Å². The van der Waals surface area contributed by atoms with Gasteiger partial charge in [-0.3, -0.25) is 9.69 Å². The molecule has 32 heavy (non-hydrogen) atoms. The predicted molar refractivity (Wildman–Crippen MR) is 113 cm³/mol. The largest absolute Gasteiger partial charge is 0.547 e. The molecule has 3 aliphatic rings. The van der Waals surface area contributed by atoms with Gasteiger partial charge in [0.05, 0.1) is 13.1 Å². The van der Waals surface area contributed by atoms with Crippen LogP contribution in [0.5, 0.6) is 11.5 Å². The highest BCUT2D eigenvalue weighted by atomic mass is 16.5. The number of fused-ring (bicyclic) bond motifs is 1. The van der Waals surface area contributed by atoms with Crippen LogP contribution in [0.2, 0.25) is 0 Å². The standard InChI is InChI=1S/C20H27BN4O7/c1-31-13-3-2-11-10-14(21(30)32-16(11)15(13)17(26)27)25-18(28)20(24-19(25)29)6-4-12(5-7-20)23-9-8-22/h2-3,12,14,23,30H,4-10,22H2,1H3,(H,24,29)(H,26,27)/t12?,14-,20?/m0/s1. The first-order valence-corrected chi connectivity index (χ1v) is 10.7. The number of urea groups is 1. The van der Waals surface area contributed by atoms with Gasteiger partial charge in [-0.15, -0.1) is 0 Å². The van der Waals surface area contributed by atoms with Crippen LogP contribution in [0, 0.1) is 0 Å². The van der Waals surface area contributed by atoms with Crippen LogP contribution < -0.4 is 25.8 Å². The van der Waals surface area contributed by atoms with E-state index in [0.29, 0.717) is 44.3 Å². The maximum atomic E-state index is 13.4. The second-order valence-corrected chi connectivity index (χ2v) is 8.42. The maximum absolute atomic E-state index is 13.4. The number of hydrogen-bond acceptors (Lipinski definition) is 8. The molecular formula is C20H27BN4O7. The van der Waals surface area contributed by atoms with E-state index in [-0.39, 0.29) is 35.4 Å². The molecule has 2 aliphatic heterocycles. The number of imide groups is 1. The second-order valence-electron chi connectivity index (χ2n) is 8.42. The monoisotopic (exact) mass is 446 g/mol. The number of ether oxygens (including phenoxy) is 1. The van der Waals surface area contributed by atoms with Crippen molar-refractivity contribution in [3.05, 3.63) is 23.3 Å². The average Bonchev–Trinajstić information content (AvgIpc) is 3.01. The molecule has 0 radical (unpaired) electrons. The number of aromatic carboxylic acids is 1. The van der Waals surface area contributed by atoms with Crippen LogP contribution in [0.1, 0.15) is 41.6 Å². The Bertz CT molecular complexity index is 935. The first kappa shape index (κ1) is 22.4. The zero-order valence-electron chi connectivity index (χ0n) is 17.8. The number of nitrogens with two attached hydrogens (primary N) is 1. The van der Waals surface area contributed by atoms with Crippen LogP contribution in [0.15, 0.2) is 12.1 Å². The number of carboxylic acid groups (broad SMARTS) is 1. The molecule has 1 aromatic carbocycles. The summed E-state index contributed by atoms with van der Waals surface area (Å²) < 4.78 is 10.6. The summed E-state index contributed by atoms with van der Waals surface area (Å²) in [5.74, 6) is -2.55. The minimum absolute atomic E-state index is 0.0196. The van der Waals surface area contributed by atoms with Gasteiger partial charge >= 0.3 is 19.1 Å². The Kier molecular flexibility index (Phi) is 6.02. The van der Waals surface area contributed by atoms with Crippen molar-refractivity contribution in [2.24, 2.45) is 5.73 Å². The summed E-state index contributed by atoms with van der Waals surface area (Å²) in [6, 6.07) is 2.76. The number of carbonyl (C=O) groups is 3. The second kappa shape index (κ2) is 8.60. The highest BCUT2D eigenvalue weighted by Crippen LogP contribution is 2.40. The van der Waals surface area contributed by atoms with E-state index >= 15 is 0 Å². The lowest BCUT2D eigenvalue weighted by molar-refractivity contribution is -0.133. The zero-order chi connectivity index (χ0) is 23.0. The van der Waals surface area contributed by atoms with Crippen molar-refractivity contribution in [3.8, 4) is 11.5 Å². The van der Waals surface area contributed by atoms with Crippen LogP contribution in [-0.2, 0) is 11.2 Å². The molecule has 1 spiro atoms. The first-order valence-electron chi connectivity index (χ1n) is 10.7. The summed E-state index contributed by atoms with van der Waals surface area (Å²) in [5, 5.41) is 26.4. The van der Waals surface area contributed by atoms with Crippen LogP contribution in [-0.4, -0.2) is 77.8 Å². The van der Waals surface area contributed by atoms with Gasteiger partial charge in [0, 0.05) is 19.1 Å². The molecule has 2 heterocycles. The Morgan fingerprint density at radius 1 is 1.41 bits per heavy atom. The number of hydrogen-bond donors (Lipinski definition) is 5. The lowest BCUT2D eigenvalue weighted by atomic mass is 9.70. The molecule has 1 atom stereocenters. The number of benzene rings is 1. The van der Waals surface area contributed by atoms with Crippen molar-refractivity contribution in [1.29, 1.82) is 0 Å². The van der Waals surface area contributed by atoms with E-state index in [9.17, 15) is 24.5 Å². The molecule has 0 aromatic heterocycles. The molecule has 11 nitrogen and oxygen atoms in total. The fourth-order valence-electron chi connectivity index (χ4n) is 4.90. The van der Waals surface area contributed by atoms with E-state index in [4.69, 9.17) is 15.1 Å². The number of methoxy groups -OCH3 is 1. The maximum Gasteiger partial charge on any atom is 0.547 e. The van der Waals surface area contributed by atoms with Crippen LogP contribution >= 0.6 is 0 Å². The van der Waals surface area contributed by atoms with E-state index in [0.717, 1.165) is 4.90 Å². The van der Waals surface area contributed by atoms with Crippen LogP contribution in [0.3, 0.4) is 0 Å². The fraction of sp³-hybridized carbons (Fsp3) is 0.550. The lowest BCUT2D eigenvalue weighted by Crippen LogP contribution is -2.57. The summed E-state index contributed by atoms with van der Waals surface area (Å²) >= 11 is 0. The van der Waals surface area contributed by atoms with Crippen molar-refractivity contribution < 1.29 is 33.9 Å². The first-order chi connectivity index (χ1) is 15.3. The summed E-state index contributed by atoms with van der Waals surface area (Å²) in [6.45, 7) is 1.22. The van der Waals surface area contributed by atoms with E-state index in [1.807, 2.05) is 0 Å². The molecule has 2 fully saturated rings. The van der Waals surface area contributed by atoms with E-state index < -0.39 is 30.6 Å². The van der Waals surface area contributed by atoms with Gasteiger partial charge < -0.3 is 35.9 Å². The summed E-state index contributed by atoms with van der Waals surface area (Å²) in [7, 11) is -0.233. The molecule has 172 valence electrons. The number of nitrogens with zero attached hydrogens (tertiary/aromatic N) is 1. The SMILES string of the molecule is COc1ccc2c(c1C(=O)O)OB(O)[C@@H](N1C(=O)NC3(CCC(NCCN)CC3)C1=O)C2. The highest BCUT2D eigenvalue weighted by Gasteiger charge is 2.57. The topological polar surface area (TPSA) is 163 Å². The van der Waals surface area contributed by atoms with Crippen molar-refractivity contribution >= 4 is 25.0 Å². The molecule has 4 rings (SSSR count). The molecule has 1 saturated carbocycles. The summed E-state index contributed by atoms with van der Waals surface area (Å²) in [6.07, 6.45) is 2.47. The Labute approximate surface area is 185 Å². The van der Waals surface area contributed by atoms with Crippen molar-refractivity contribution in [2.45, 2.75) is 49.6 Å². The lowest BCUT2D eigenvalue weighted by Gasteiger charge is -2.37. The van der Waals surface area contributed by atoms with E-state index in [2.05, 4.69) is 10.6 Å². The van der Waals surface area contributed by atoms with E-state index in [1.165, 1.54) is 13.2 Å². The molecule has 6 N–H and O–H groups in total. The summed E-state index contributed by atoms with van der Waals surface area (Å²) in [5.41, 5.74) is 4.80. The molecule has 0 bridgehead atoms. The van der Waals surface area contributed by atoms with Gasteiger partial charge in [-0.2, -0.15) is 0 Å². The highest BCUT2D eigenvalue weighted by molar-refractivity contribution is 6.47. The van der Waals surface area contributed by atoms with Crippen molar-refractivity contribution in [1.82, 2.24) is 15.5 Å². The van der Waals surface area contributed by atoms with Gasteiger partial charge in [0.2, 0.25) is 0 Å². The van der Waals surface area contributed by atoms with Crippen molar-refractivity contribution in [3.63, 3.8) is 0 Å². The third-order valence-corrected chi connectivity index (χ3v) is 6.57. The molecule has 3 amide bonds. The molecule has 0 unspecified atom stereocenters. The van der Waals surface area contributed by atoms with Gasteiger partial charge in [0.1, 0.15) is 22.6 Å². The number of amides is 3. The van der Waals surface area contributed by atoms with Gasteiger partial charge in [0.15, 0.2) is 0 Å². The molecule has 12 heteroatoms. The third kappa shape index (κ3) is 3.68. The third-order valence-electron chi connectivity index (χ3n) is 6.57. The Balaban J connectivity index is 1.55. The molecule has 1 aromatic rings. The Hall–Kier alpha value is -2.83. The van der Waals surface area contributed by atoms with Crippen LogP contribution in [0.25, 0.3) is 0 Å². The number of carboxylic acids is 1. The predicted octanol–water partition coefficient (Wildman–Crippen LogP) is -0.502. The van der Waals surface area contributed by atoms with Gasteiger partial charge in [-0.1, -0.05) is 6.07 Å². The Morgan fingerprint density at radius 2 is 2.12 bits per heavy atom. The molecule has 1 aliphatic carbocycles. The summed E-state index contributed by atoms with van der Waals surface area (Å²) in [4.78, 5) is 38.9. The minimum atomic E-state index is -1.57. The molecule has 1 saturated heterocycles. The number of nitrogens with one attached hydrogen (secondary N) is 2. The van der Waals surface area contributed by atoms with Crippen LogP contribution in [0.4, 0.5) is 4.79 Å². The zero-order valence-corrected chi connectivity index (χ0v) is 17.8. The smallest absolute Gasteiger partial charge is 0.534 e. The van der Waals surface area contributed by atoms with E-state index in [1.54, 1.807) is 6.07 Å². The van der Waals surface area contributed by atoms with Gasteiger partial charge in [-0.25, -0.2) is 9.59 Å². The normalized spacial score (nSPS) is 27.2. The quantitative estimate of drug-likeness (QED) is 0.286. The Morgan fingerprint density at radius 3 is 2.75 bits per heavy atom. The fourth-order valence-corrected chi connectivity index (χ4v) is 4.90. The van der Waals surface area contributed by atoms with Crippen molar-refractivity contribution in [2.75, 3.05) is 20.2 Å². The number of carbonyl (C=O) groups excluding carboxylic acids is 2.